The Morgan fingerprint density at radius 2 is 2.00 bits per heavy atom. The van der Waals surface area contributed by atoms with E-state index < -0.39 is 24.2 Å². The molecular formula is C11H13N3O5. The lowest BCUT2D eigenvalue weighted by Crippen LogP contribution is -2.61. The van der Waals surface area contributed by atoms with Gasteiger partial charge < -0.3 is 25.2 Å². The van der Waals surface area contributed by atoms with Crippen LogP contribution in [0.2, 0.25) is 0 Å². The Kier molecular flexibility index (Phi) is 2.77. The maximum atomic E-state index is 10.4. The Morgan fingerprint density at radius 3 is 2.79 bits per heavy atom. The van der Waals surface area contributed by atoms with Gasteiger partial charge in [-0.2, -0.15) is 4.68 Å². The van der Waals surface area contributed by atoms with E-state index in [1.54, 1.807) is 24.3 Å². The van der Waals surface area contributed by atoms with Crippen LogP contribution in [-0.4, -0.2) is 60.3 Å². The van der Waals surface area contributed by atoms with Crippen molar-refractivity contribution in [3.63, 3.8) is 0 Å². The minimum absolute atomic E-state index is 0.330. The van der Waals surface area contributed by atoms with Gasteiger partial charge in [-0.15, -0.1) is 5.10 Å². The summed E-state index contributed by atoms with van der Waals surface area (Å²) in [5, 5.41) is 47.0. The molecule has 1 aliphatic heterocycles. The lowest BCUT2D eigenvalue weighted by molar-refractivity contribution is -0.369. The third-order valence-electron chi connectivity index (χ3n) is 3.22. The molecule has 0 saturated carbocycles. The number of hydrogen-bond acceptors (Lipinski definition) is 7. The highest BCUT2D eigenvalue weighted by molar-refractivity contribution is 5.74. The first-order valence-corrected chi connectivity index (χ1v) is 5.75. The van der Waals surface area contributed by atoms with Crippen LogP contribution in [0.15, 0.2) is 24.3 Å². The predicted octanol–water partition coefficient (Wildman–Crippen LogP) is -1.85. The zero-order valence-corrected chi connectivity index (χ0v) is 9.79. The van der Waals surface area contributed by atoms with E-state index >= 15 is 0 Å². The van der Waals surface area contributed by atoms with Gasteiger partial charge in [-0.25, -0.2) is 0 Å². The average molecular weight is 267 g/mol. The molecule has 1 aromatic carbocycles. The van der Waals surface area contributed by atoms with Crippen LogP contribution in [0.3, 0.4) is 0 Å². The number of aromatic nitrogens is 3. The van der Waals surface area contributed by atoms with Gasteiger partial charge in [-0.05, 0) is 12.1 Å². The van der Waals surface area contributed by atoms with Crippen molar-refractivity contribution in [2.24, 2.45) is 0 Å². The van der Waals surface area contributed by atoms with E-state index in [1.165, 1.54) is 0 Å². The van der Waals surface area contributed by atoms with E-state index in [-0.39, 0.29) is 6.61 Å². The van der Waals surface area contributed by atoms with E-state index in [9.17, 15) is 20.4 Å². The molecule has 4 N–H and O–H groups in total. The standard InChI is InChI=1S/C11H13N3O5/c15-8-5-19-11(18,10(17)9(8)16)14-7-4-2-1-3-6(7)12-13-14/h1-4,8-10,15-18H,5H2/t8-,9+,10-,11?/m1/s1. The number of aliphatic hydroxyl groups is 4. The van der Waals surface area contributed by atoms with Gasteiger partial charge >= 0.3 is 5.91 Å². The van der Waals surface area contributed by atoms with Crippen molar-refractivity contribution in [1.82, 2.24) is 15.0 Å². The van der Waals surface area contributed by atoms with Crippen LogP contribution in [0.5, 0.6) is 0 Å². The number of para-hydroxylation sites is 1. The lowest BCUT2D eigenvalue weighted by atomic mass is 10.0. The summed E-state index contributed by atoms with van der Waals surface area (Å²) in [5.41, 5.74) is 0.944. The molecule has 2 heterocycles. The van der Waals surface area contributed by atoms with Crippen molar-refractivity contribution >= 4 is 11.0 Å². The second-order valence-electron chi connectivity index (χ2n) is 4.46. The van der Waals surface area contributed by atoms with E-state index in [1.807, 2.05) is 0 Å². The van der Waals surface area contributed by atoms with Crippen molar-refractivity contribution in [3.05, 3.63) is 24.3 Å². The maximum absolute atomic E-state index is 10.4. The van der Waals surface area contributed by atoms with Crippen LogP contribution >= 0.6 is 0 Å². The molecule has 1 saturated heterocycles. The quantitative estimate of drug-likeness (QED) is 0.478. The highest BCUT2D eigenvalue weighted by Crippen LogP contribution is 2.30. The normalized spacial score (nSPS) is 35.7. The molecule has 0 amide bonds. The summed E-state index contributed by atoms with van der Waals surface area (Å²) in [6.45, 7) is -0.330. The molecule has 8 heteroatoms. The zero-order valence-electron chi connectivity index (χ0n) is 9.79. The average Bonchev–Trinajstić information content (AvgIpc) is 2.85. The van der Waals surface area contributed by atoms with Crippen molar-refractivity contribution < 1.29 is 25.2 Å². The number of nitrogens with zero attached hydrogens (tertiary/aromatic N) is 3. The summed E-state index contributed by atoms with van der Waals surface area (Å²) >= 11 is 0. The molecule has 1 unspecified atom stereocenters. The second-order valence-corrected chi connectivity index (χ2v) is 4.46. The first kappa shape index (κ1) is 12.5. The molecule has 2 aromatic rings. The fourth-order valence-corrected chi connectivity index (χ4v) is 2.12. The molecule has 0 bridgehead atoms. The summed E-state index contributed by atoms with van der Waals surface area (Å²) in [4.78, 5) is 0. The smallest absolute Gasteiger partial charge is 0.300 e. The summed E-state index contributed by atoms with van der Waals surface area (Å²) in [7, 11) is 0. The minimum atomic E-state index is -2.27. The fraction of sp³-hybridized carbons (Fsp3) is 0.455. The lowest BCUT2D eigenvalue weighted by Gasteiger charge is -2.40. The fourth-order valence-electron chi connectivity index (χ4n) is 2.12. The van der Waals surface area contributed by atoms with Crippen LogP contribution < -0.4 is 0 Å². The van der Waals surface area contributed by atoms with E-state index in [2.05, 4.69) is 10.3 Å². The minimum Gasteiger partial charge on any atom is -0.388 e. The number of hydrogen-bond donors (Lipinski definition) is 4. The van der Waals surface area contributed by atoms with Crippen molar-refractivity contribution in [1.29, 1.82) is 0 Å². The van der Waals surface area contributed by atoms with Crippen LogP contribution in [0, 0.1) is 0 Å². The van der Waals surface area contributed by atoms with Gasteiger partial charge in [0.15, 0.2) is 6.10 Å². The van der Waals surface area contributed by atoms with Crippen LogP contribution in [-0.2, 0) is 10.6 Å². The van der Waals surface area contributed by atoms with Crippen molar-refractivity contribution in [2.75, 3.05) is 6.61 Å². The van der Waals surface area contributed by atoms with Gasteiger partial charge in [0.05, 0.1) is 12.1 Å². The van der Waals surface area contributed by atoms with Crippen molar-refractivity contribution in [3.8, 4) is 0 Å². The van der Waals surface area contributed by atoms with Gasteiger partial charge in [-0.1, -0.05) is 17.3 Å². The molecular weight excluding hydrogens is 254 g/mol. The Hall–Kier alpha value is -1.58. The molecule has 102 valence electrons. The van der Waals surface area contributed by atoms with E-state index in [0.29, 0.717) is 11.0 Å². The third kappa shape index (κ3) is 1.73. The third-order valence-corrected chi connectivity index (χ3v) is 3.22. The maximum Gasteiger partial charge on any atom is 0.300 e. The van der Waals surface area contributed by atoms with Crippen LogP contribution in [0.25, 0.3) is 11.0 Å². The van der Waals surface area contributed by atoms with Crippen LogP contribution in [0.1, 0.15) is 0 Å². The predicted molar refractivity (Wildman–Crippen MR) is 61.7 cm³/mol. The number of ether oxygens (including phenoxy) is 1. The summed E-state index contributed by atoms with van der Waals surface area (Å²) < 4.78 is 6.06. The Bertz CT molecular complexity index is 603. The van der Waals surface area contributed by atoms with E-state index in [0.717, 1.165) is 4.68 Å². The number of fused-ring (bicyclic) bond motifs is 1. The van der Waals surface area contributed by atoms with Gasteiger partial charge in [0.1, 0.15) is 17.7 Å². The topological polar surface area (TPSA) is 121 Å². The molecule has 0 spiro atoms. The van der Waals surface area contributed by atoms with Gasteiger partial charge in [0.25, 0.3) is 0 Å². The Balaban J connectivity index is 2.09. The SMILES string of the molecule is O[C@H]1[C@H](O)COC(O)(n2nnc3ccccc32)[C@@H]1O. The Labute approximate surface area is 107 Å². The molecule has 19 heavy (non-hydrogen) atoms. The molecule has 4 atom stereocenters. The second kappa shape index (κ2) is 4.22. The number of aliphatic hydroxyl groups excluding tert-OH is 3. The van der Waals surface area contributed by atoms with Gasteiger partial charge in [-0.3, -0.25) is 0 Å². The van der Waals surface area contributed by atoms with Crippen LogP contribution in [0.4, 0.5) is 0 Å². The monoisotopic (exact) mass is 267 g/mol. The summed E-state index contributed by atoms with van der Waals surface area (Å²) in [5.74, 6) is -2.27. The highest BCUT2D eigenvalue weighted by atomic mass is 16.7. The largest absolute Gasteiger partial charge is 0.388 e. The molecule has 1 aliphatic rings. The summed E-state index contributed by atoms with van der Waals surface area (Å²) in [6.07, 6.45) is -4.56. The number of rotatable bonds is 1. The van der Waals surface area contributed by atoms with E-state index in [4.69, 9.17) is 4.74 Å². The summed E-state index contributed by atoms with van der Waals surface area (Å²) in [6, 6.07) is 6.79. The number of benzene rings is 1. The highest BCUT2D eigenvalue weighted by Gasteiger charge is 2.51. The van der Waals surface area contributed by atoms with Gasteiger partial charge in [0.2, 0.25) is 0 Å². The first-order chi connectivity index (χ1) is 9.04. The molecule has 3 rings (SSSR count). The molecule has 1 aromatic heterocycles. The molecule has 1 fully saturated rings. The molecule has 0 radical (unpaired) electrons. The molecule has 8 nitrogen and oxygen atoms in total. The first-order valence-electron chi connectivity index (χ1n) is 5.75. The zero-order chi connectivity index (χ0) is 13.6. The Morgan fingerprint density at radius 1 is 1.26 bits per heavy atom. The van der Waals surface area contributed by atoms with Crippen molar-refractivity contribution in [2.45, 2.75) is 24.2 Å². The van der Waals surface area contributed by atoms with Gasteiger partial charge in [0, 0.05) is 0 Å². The molecule has 0 aliphatic carbocycles.